The zero-order chi connectivity index (χ0) is 15.0. The van der Waals surface area contributed by atoms with Gasteiger partial charge < -0.3 is 5.11 Å². The van der Waals surface area contributed by atoms with Crippen LogP contribution in [0.4, 0.5) is 39.5 Å². The van der Waals surface area contributed by atoms with Crippen molar-refractivity contribution >= 4 is 0 Å². The van der Waals surface area contributed by atoms with Crippen molar-refractivity contribution in [2.45, 2.75) is 36.7 Å². The number of hydrogen-bond acceptors (Lipinski definition) is 2. The summed E-state index contributed by atoms with van der Waals surface area (Å²) in [7, 11) is 0. The van der Waals surface area contributed by atoms with E-state index in [1.807, 2.05) is 0 Å². The number of halogens is 9. The molecule has 0 aliphatic heterocycles. The molecule has 0 saturated heterocycles. The van der Waals surface area contributed by atoms with E-state index in [1.54, 1.807) is 0 Å². The molecule has 0 heterocycles. The Kier molecular flexibility index (Phi) is 4.54. The lowest BCUT2D eigenvalue weighted by molar-refractivity contribution is -0.421. The lowest BCUT2D eigenvalue weighted by Gasteiger charge is -2.33. The quantitative estimate of drug-likeness (QED) is 0.367. The van der Waals surface area contributed by atoms with Crippen molar-refractivity contribution < 1.29 is 54.8 Å². The summed E-state index contributed by atoms with van der Waals surface area (Å²) in [4.78, 5) is 2.45. The van der Waals surface area contributed by atoms with Gasteiger partial charge in [0.05, 0.1) is 6.42 Å². The third kappa shape index (κ3) is 2.80. The van der Waals surface area contributed by atoms with E-state index in [0.717, 1.165) is 0 Å². The maximum Gasteiger partial charge on any atom is 0.460 e. The molecule has 1 atom stereocenters. The van der Waals surface area contributed by atoms with Crippen LogP contribution in [-0.2, 0) is 10.1 Å². The molecule has 0 bridgehead atoms. The second kappa shape index (κ2) is 4.74. The summed E-state index contributed by atoms with van der Waals surface area (Å²) >= 11 is 0. The standard InChI is InChI=1S/C6H4F9O3/c7-3(8,1-2(16)18-17)4(9,10)5(11,12)6(13,14)15/h2,16H,1H2. The largest absolute Gasteiger partial charge is 0.460 e. The zero-order valence-electron chi connectivity index (χ0n) is 7.95. The highest BCUT2D eigenvalue weighted by molar-refractivity contribution is 5.00. The fraction of sp³-hybridized carbons (Fsp3) is 1.00. The second-order valence-electron chi connectivity index (χ2n) is 3.11. The second-order valence-corrected chi connectivity index (χ2v) is 3.11. The molecule has 0 fully saturated rings. The van der Waals surface area contributed by atoms with E-state index in [-0.39, 0.29) is 0 Å². The van der Waals surface area contributed by atoms with Gasteiger partial charge in [-0.2, -0.15) is 44.4 Å². The molecule has 0 aliphatic carbocycles. The van der Waals surface area contributed by atoms with Crippen molar-refractivity contribution in [1.82, 2.24) is 0 Å². The van der Waals surface area contributed by atoms with Gasteiger partial charge >= 0.3 is 23.9 Å². The molecule has 0 amide bonds. The summed E-state index contributed by atoms with van der Waals surface area (Å²) in [5.74, 6) is -19.9. The molecule has 0 aromatic heterocycles. The molecular weight excluding hydrogens is 291 g/mol. The van der Waals surface area contributed by atoms with Crippen molar-refractivity contribution in [2.75, 3.05) is 0 Å². The zero-order valence-corrected chi connectivity index (χ0v) is 7.95. The summed E-state index contributed by atoms with van der Waals surface area (Å²) in [6.07, 6.45) is -12.8. The highest BCUT2D eigenvalue weighted by atomic mass is 19.4. The Morgan fingerprint density at radius 2 is 1.28 bits per heavy atom. The van der Waals surface area contributed by atoms with Crippen molar-refractivity contribution in [3.63, 3.8) is 0 Å². The number of hydrogen-bond donors (Lipinski definition) is 1. The molecule has 0 saturated carbocycles. The van der Waals surface area contributed by atoms with Gasteiger partial charge in [-0.25, -0.2) is 0 Å². The molecule has 12 heteroatoms. The van der Waals surface area contributed by atoms with Gasteiger partial charge in [-0.3, -0.25) is 0 Å². The van der Waals surface area contributed by atoms with Gasteiger partial charge in [-0.15, -0.1) is 0 Å². The average Bonchev–Trinajstić information content (AvgIpc) is 2.14. The molecule has 0 aromatic carbocycles. The lowest BCUT2D eigenvalue weighted by atomic mass is 10.0. The molecule has 1 unspecified atom stereocenters. The smallest absolute Gasteiger partial charge is 0.365 e. The Bertz CT molecular complexity index is 287. The van der Waals surface area contributed by atoms with E-state index in [2.05, 4.69) is 4.89 Å². The first-order chi connectivity index (χ1) is 7.70. The Balaban J connectivity index is 5.36. The highest BCUT2D eigenvalue weighted by Gasteiger charge is 2.81. The minimum absolute atomic E-state index is 2.45. The van der Waals surface area contributed by atoms with Crippen molar-refractivity contribution in [3.8, 4) is 0 Å². The van der Waals surface area contributed by atoms with Crippen molar-refractivity contribution in [2.24, 2.45) is 0 Å². The molecule has 1 N–H and O–H groups in total. The van der Waals surface area contributed by atoms with E-state index in [4.69, 9.17) is 5.11 Å². The monoisotopic (exact) mass is 295 g/mol. The molecule has 1 radical (unpaired) electrons. The van der Waals surface area contributed by atoms with Crippen LogP contribution in [0.25, 0.3) is 0 Å². The topological polar surface area (TPSA) is 49.4 Å². The van der Waals surface area contributed by atoms with Gasteiger partial charge in [0.15, 0.2) is 6.29 Å². The lowest BCUT2D eigenvalue weighted by Crippen LogP contribution is -2.61. The fourth-order valence-electron chi connectivity index (χ4n) is 0.789. The van der Waals surface area contributed by atoms with E-state index in [9.17, 15) is 44.8 Å². The summed E-state index contributed by atoms with van der Waals surface area (Å²) in [6, 6.07) is 0. The van der Waals surface area contributed by atoms with E-state index >= 15 is 0 Å². The van der Waals surface area contributed by atoms with Crippen LogP contribution in [0, 0.1) is 0 Å². The fourth-order valence-corrected chi connectivity index (χ4v) is 0.789. The van der Waals surface area contributed by atoms with Crippen molar-refractivity contribution in [1.29, 1.82) is 0 Å². The van der Waals surface area contributed by atoms with Crippen LogP contribution >= 0.6 is 0 Å². The third-order valence-corrected chi connectivity index (χ3v) is 1.75. The molecule has 109 valence electrons. The van der Waals surface area contributed by atoms with Gasteiger partial charge in [-0.05, 0) is 5.26 Å². The first-order valence-electron chi connectivity index (χ1n) is 3.87. The van der Waals surface area contributed by atoms with Gasteiger partial charge in [0, 0.05) is 0 Å². The molecule has 3 nitrogen and oxygen atoms in total. The predicted molar refractivity (Wildman–Crippen MR) is 33.3 cm³/mol. The third-order valence-electron chi connectivity index (χ3n) is 1.75. The van der Waals surface area contributed by atoms with Crippen LogP contribution in [0.15, 0.2) is 0 Å². The van der Waals surface area contributed by atoms with E-state index < -0.39 is 36.7 Å². The molecule has 18 heavy (non-hydrogen) atoms. The minimum Gasteiger partial charge on any atom is -0.365 e. The summed E-state index contributed by atoms with van der Waals surface area (Å²) in [5.41, 5.74) is 0. The minimum atomic E-state index is -7.05. The Labute approximate surface area is 92.7 Å². The molecule has 0 aliphatic rings. The molecule has 0 aromatic rings. The number of aliphatic hydroxyl groups excluding tert-OH is 1. The van der Waals surface area contributed by atoms with Crippen LogP contribution in [-0.4, -0.2) is 35.3 Å². The number of alkyl halides is 9. The van der Waals surface area contributed by atoms with Crippen molar-refractivity contribution in [3.05, 3.63) is 0 Å². The van der Waals surface area contributed by atoms with Gasteiger partial charge in [0.2, 0.25) is 0 Å². The van der Waals surface area contributed by atoms with Crippen LogP contribution in [0.3, 0.4) is 0 Å². The maximum atomic E-state index is 12.6. The van der Waals surface area contributed by atoms with Crippen LogP contribution in [0.5, 0.6) is 0 Å². The summed E-state index contributed by atoms with van der Waals surface area (Å²) in [6.45, 7) is 0. The van der Waals surface area contributed by atoms with Crippen LogP contribution < -0.4 is 0 Å². The number of aliphatic hydroxyl groups is 1. The first-order valence-corrected chi connectivity index (χ1v) is 3.87. The molecule has 0 spiro atoms. The normalized spacial score (nSPS) is 16.8. The van der Waals surface area contributed by atoms with Gasteiger partial charge in [0.25, 0.3) is 0 Å². The van der Waals surface area contributed by atoms with Crippen LogP contribution in [0.1, 0.15) is 6.42 Å². The highest BCUT2D eigenvalue weighted by Crippen LogP contribution is 2.54. The van der Waals surface area contributed by atoms with E-state index in [1.165, 1.54) is 0 Å². The van der Waals surface area contributed by atoms with E-state index in [0.29, 0.717) is 0 Å². The molecular formula is C6H4F9O3. The summed E-state index contributed by atoms with van der Waals surface area (Å²) < 4.78 is 109. The predicted octanol–water partition coefficient (Wildman–Crippen LogP) is 2.53. The van der Waals surface area contributed by atoms with Gasteiger partial charge in [-0.1, -0.05) is 0 Å². The Morgan fingerprint density at radius 3 is 1.56 bits per heavy atom. The first kappa shape index (κ1) is 17.2. The average molecular weight is 295 g/mol. The Morgan fingerprint density at radius 1 is 0.889 bits per heavy atom. The maximum absolute atomic E-state index is 12.6. The molecule has 0 rings (SSSR count). The SMILES string of the molecule is [O]OC(O)CC(F)(F)C(F)(F)C(F)(F)C(F)(F)F. The van der Waals surface area contributed by atoms with Crippen LogP contribution in [0.2, 0.25) is 0 Å². The summed E-state index contributed by atoms with van der Waals surface area (Å²) in [5, 5.41) is 17.5. The Hall–Kier alpha value is -0.750. The number of rotatable bonds is 5. The van der Waals surface area contributed by atoms with Gasteiger partial charge in [0.1, 0.15) is 0 Å².